The fourth-order valence-electron chi connectivity index (χ4n) is 2.99. The second-order valence-electron chi connectivity index (χ2n) is 6.67. The summed E-state index contributed by atoms with van der Waals surface area (Å²) in [6.07, 6.45) is 0. The van der Waals surface area contributed by atoms with Crippen molar-refractivity contribution in [3.05, 3.63) is 59.8 Å². The molecule has 7 heteroatoms. The van der Waals surface area contributed by atoms with E-state index >= 15 is 0 Å². The lowest BCUT2D eigenvalue weighted by Gasteiger charge is -2.25. The van der Waals surface area contributed by atoms with E-state index in [2.05, 4.69) is 21.3 Å². The van der Waals surface area contributed by atoms with E-state index in [1.807, 2.05) is 62.6 Å². The minimum atomic E-state index is 0.0713. The molecule has 2 aromatic carbocycles. The van der Waals surface area contributed by atoms with Gasteiger partial charge < -0.3 is 24.1 Å². The highest BCUT2D eigenvalue weighted by Gasteiger charge is 2.19. The van der Waals surface area contributed by atoms with E-state index in [4.69, 9.17) is 13.9 Å². The second kappa shape index (κ2) is 9.13. The molecule has 0 bridgehead atoms. The molecule has 0 aliphatic rings. The molecule has 0 unspecified atom stereocenters. The van der Waals surface area contributed by atoms with Crippen LogP contribution in [0.2, 0.25) is 0 Å². The molecule has 1 atom stereocenters. The molecule has 150 valence electrons. The van der Waals surface area contributed by atoms with Crippen LogP contribution < -0.4 is 14.8 Å². The van der Waals surface area contributed by atoms with Gasteiger partial charge in [0.25, 0.3) is 0 Å². The van der Waals surface area contributed by atoms with Crippen molar-refractivity contribution < 1.29 is 13.9 Å². The number of anilines is 1. The molecule has 0 saturated heterocycles. The third kappa shape index (κ3) is 4.68. The van der Waals surface area contributed by atoms with Crippen LogP contribution in [-0.2, 0) is 0 Å². The lowest BCUT2D eigenvalue weighted by atomic mass is 10.1. The van der Waals surface area contributed by atoms with Crippen LogP contribution in [0.25, 0.3) is 11.5 Å². The molecule has 1 N–H and O–H groups in total. The summed E-state index contributed by atoms with van der Waals surface area (Å²) < 4.78 is 16.2. The lowest BCUT2D eigenvalue weighted by molar-refractivity contribution is 0.310. The van der Waals surface area contributed by atoms with Crippen molar-refractivity contribution in [3.8, 4) is 29.0 Å². The first-order valence-electron chi connectivity index (χ1n) is 9.15. The first-order chi connectivity index (χ1) is 14.0. The number of benzene rings is 2. The number of nitrogens with zero attached hydrogens (tertiary/aromatic N) is 3. The van der Waals surface area contributed by atoms with Gasteiger partial charge in [-0.05, 0) is 56.1 Å². The van der Waals surface area contributed by atoms with Crippen molar-refractivity contribution in [2.45, 2.75) is 6.04 Å². The third-order valence-corrected chi connectivity index (χ3v) is 4.65. The third-order valence-electron chi connectivity index (χ3n) is 4.65. The predicted molar refractivity (Wildman–Crippen MR) is 111 cm³/mol. The first kappa shape index (κ1) is 20.2. The Morgan fingerprint density at radius 3 is 2.14 bits per heavy atom. The van der Waals surface area contributed by atoms with Crippen molar-refractivity contribution in [2.24, 2.45) is 0 Å². The first-order valence-corrected chi connectivity index (χ1v) is 9.15. The van der Waals surface area contributed by atoms with E-state index in [-0.39, 0.29) is 11.7 Å². The van der Waals surface area contributed by atoms with Crippen molar-refractivity contribution >= 4 is 5.88 Å². The standard InChI is InChI=1S/C22H24N4O3/c1-26(2)20(15-5-9-17(27-3)10-6-15)14-24-22-19(13-23)25-21(29-22)16-7-11-18(28-4)12-8-16/h5-12,20,24H,14H2,1-4H3/t20-/m0/s1. The van der Waals surface area contributed by atoms with Crippen LogP contribution in [0.15, 0.2) is 52.9 Å². The molecule has 0 fully saturated rings. The summed E-state index contributed by atoms with van der Waals surface area (Å²) in [4.78, 5) is 6.41. The Balaban J connectivity index is 1.78. The van der Waals surface area contributed by atoms with Crippen molar-refractivity contribution in [1.29, 1.82) is 5.26 Å². The van der Waals surface area contributed by atoms with Gasteiger partial charge in [0, 0.05) is 12.1 Å². The number of nitrogens with one attached hydrogen (secondary N) is 1. The van der Waals surface area contributed by atoms with Gasteiger partial charge in [-0.2, -0.15) is 10.2 Å². The van der Waals surface area contributed by atoms with Crippen LogP contribution in [0.5, 0.6) is 11.5 Å². The molecule has 29 heavy (non-hydrogen) atoms. The number of ether oxygens (including phenoxy) is 2. The number of aromatic nitrogens is 1. The molecule has 0 radical (unpaired) electrons. The monoisotopic (exact) mass is 392 g/mol. The van der Waals surface area contributed by atoms with E-state index in [9.17, 15) is 5.26 Å². The summed E-state index contributed by atoms with van der Waals surface area (Å²) in [5, 5.41) is 12.7. The highest BCUT2D eigenvalue weighted by atomic mass is 16.5. The molecule has 1 heterocycles. The van der Waals surface area contributed by atoms with Gasteiger partial charge in [0.05, 0.1) is 20.3 Å². The number of methoxy groups -OCH3 is 2. The van der Waals surface area contributed by atoms with Crippen LogP contribution in [0.4, 0.5) is 5.88 Å². The van der Waals surface area contributed by atoms with Gasteiger partial charge >= 0.3 is 0 Å². The number of nitriles is 1. The van der Waals surface area contributed by atoms with E-state index < -0.39 is 0 Å². The molecule has 0 amide bonds. The fourth-order valence-corrected chi connectivity index (χ4v) is 2.99. The average Bonchev–Trinajstić information content (AvgIpc) is 3.17. The zero-order valence-corrected chi connectivity index (χ0v) is 17.0. The Bertz CT molecular complexity index is 973. The van der Waals surface area contributed by atoms with Crippen LogP contribution in [0.3, 0.4) is 0 Å². The minimum Gasteiger partial charge on any atom is -0.497 e. The van der Waals surface area contributed by atoms with Crippen molar-refractivity contribution in [3.63, 3.8) is 0 Å². The summed E-state index contributed by atoms with van der Waals surface area (Å²) in [6, 6.07) is 17.4. The lowest BCUT2D eigenvalue weighted by Crippen LogP contribution is -2.26. The number of rotatable bonds is 8. The van der Waals surface area contributed by atoms with Crippen LogP contribution in [0, 0.1) is 11.3 Å². The topological polar surface area (TPSA) is 83.5 Å². The fraction of sp³-hybridized carbons (Fsp3) is 0.273. The van der Waals surface area contributed by atoms with Gasteiger partial charge in [-0.15, -0.1) is 0 Å². The number of hydrogen-bond acceptors (Lipinski definition) is 7. The molecule has 3 aromatic rings. The highest BCUT2D eigenvalue weighted by molar-refractivity contribution is 5.59. The number of hydrogen-bond donors (Lipinski definition) is 1. The SMILES string of the molecule is COc1ccc(-c2nc(C#N)c(NC[C@@H](c3ccc(OC)cc3)N(C)C)o2)cc1. The maximum absolute atomic E-state index is 9.45. The van der Waals surface area contributed by atoms with E-state index in [0.717, 1.165) is 22.6 Å². The van der Waals surface area contributed by atoms with Crippen molar-refractivity contribution in [1.82, 2.24) is 9.88 Å². The van der Waals surface area contributed by atoms with Gasteiger partial charge in [0.15, 0.2) is 0 Å². The van der Waals surface area contributed by atoms with Gasteiger partial charge in [-0.25, -0.2) is 0 Å². The van der Waals surface area contributed by atoms with Gasteiger partial charge in [0.1, 0.15) is 17.6 Å². The molecule has 7 nitrogen and oxygen atoms in total. The molecule has 1 aromatic heterocycles. The maximum atomic E-state index is 9.45. The van der Waals surface area contributed by atoms with Gasteiger partial charge in [0.2, 0.25) is 17.5 Å². The largest absolute Gasteiger partial charge is 0.497 e. The molecule has 0 aliphatic carbocycles. The zero-order valence-electron chi connectivity index (χ0n) is 17.0. The van der Waals surface area contributed by atoms with E-state index in [0.29, 0.717) is 18.3 Å². The molecule has 0 aliphatic heterocycles. The summed E-state index contributed by atoms with van der Waals surface area (Å²) in [6.45, 7) is 0.547. The zero-order chi connectivity index (χ0) is 20.8. The molecular formula is C22H24N4O3. The molecule has 0 spiro atoms. The number of oxazole rings is 1. The predicted octanol–water partition coefficient (Wildman–Crippen LogP) is 3.95. The van der Waals surface area contributed by atoms with Gasteiger partial charge in [-0.3, -0.25) is 0 Å². The van der Waals surface area contributed by atoms with Gasteiger partial charge in [-0.1, -0.05) is 12.1 Å². The summed E-state index contributed by atoms with van der Waals surface area (Å²) in [7, 11) is 7.27. The highest BCUT2D eigenvalue weighted by Crippen LogP contribution is 2.28. The Labute approximate surface area is 170 Å². The summed E-state index contributed by atoms with van der Waals surface area (Å²) in [5.74, 6) is 2.30. The molecule has 3 rings (SSSR count). The molecule has 0 saturated carbocycles. The Hall–Kier alpha value is -3.50. The van der Waals surface area contributed by atoms with Crippen LogP contribution in [-0.4, -0.2) is 44.7 Å². The van der Waals surface area contributed by atoms with Crippen LogP contribution in [0.1, 0.15) is 17.3 Å². The Kier molecular flexibility index (Phi) is 6.37. The van der Waals surface area contributed by atoms with E-state index in [1.54, 1.807) is 14.2 Å². The van der Waals surface area contributed by atoms with E-state index in [1.165, 1.54) is 0 Å². The quantitative estimate of drug-likeness (QED) is 0.621. The maximum Gasteiger partial charge on any atom is 0.232 e. The minimum absolute atomic E-state index is 0.0713. The van der Waals surface area contributed by atoms with Crippen LogP contribution >= 0.6 is 0 Å². The normalized spacial score (nSPS) is 11.7. The average molecular weight is 392 g/mol. The van der Waals surface area contributed by atoms with Crippen molar-refractivity contribution in [2.75, 3.05) is 40.2 Å². The number of likely N-dealkylation sites (N-methyl/N-ethyl adjacent to an activating group) is 1. The smallest absolute Gasteiger partial charge is 0.232 e. The Morgan fingerprint density at radius 2 is 1.62 bits per heavy atom. The summed E-state index contributed by atoms with van der Waals surface area (Å²) in [5.41, 5.74) is 2.12. The second-order valence-corrected chi connectivity index (χ2v) is 6.67. The summed E-state index contributed by atoms with van der Waals surface area (Å²) >= 11 is 0. The molecular weight excluding hydrogens is 368 g/mol. The Morgan fingerprint density at radius 1 is 1.03 bits per heavy atom.